The minimum atomic E-state index is -0.904. The number of hydrogen-bond acceptors (Lipinski definition) is 3. The molecule has 0 bridgehead atoms. The third-order valence-corrected chi connectivity index (χ3v) is 4.47. The van der Waals surface area contributed by atoms with Crippen LogP contribution in [-0.4, -0.2) is 23.8 Å². The van der Waals surface area contributed by atoms with E-state index in [0.29, 0.717) is 12.8 Å². The zero-order valence-corrected chi connectivity index (χ0v) is 12.5. The highest BCUT2D eigenvalue weighted by Gasteiger charge is 2.51. The summed E-state index contributed by atoms with van der Waals surface area (Å²) in [7, 11) is 1.41. The first kappa shape index (κ1) is 15.5. The number of rotatable bonds is 3. The molecule has 1 aliphatic rings. The summed E-state index contributed by atoms with van der Waals surface area (Å²) in [5, 5.41) is 11.1. The first-order valence-electron chi connectivity index (χ1n) is 7.07. The van der Waals surface area contributed by atoms with Crippen molar-refractivity contribution in [1.29, 1.82) is 0 Å². The SMILES string of the molecule is CCC(C(=O)OC)C1(O)CCCCC1C(C)(C)C. The molecular weight excluding hydrogens is 228 g/mol. The highest BCUT2D eigenvalue weighted by Crippen LogP contribution is 2.48. The fourth-order valence-corrected chi connectivity index (χ4v) is 3.65. The van der Waals surface area contributed by atoms with E-state index in [4.69, 9.17) is 4.74 Å². The number of esters is 1. The Bertz CT molecular complexity index is 293. The lowest BCUT2D eigenvalue weighted by Gasteiger charge is -2.49. The van der Waals surface area contributed by atoms with Crippen LogP contribution in [0.5, 0.6) is 0 Å². The fraction of sp³-hybridized carbons (Fsp3) is 0.933. The van der Waals surface area contributed by atoms with Crippen LogP contribution in [0.1, 0.15) is 59.8 Å². The zero-order chi connectivity index (χ0) is 14.0. The van der Waals surface area contributed by atoms with Crippen LogP contribution >= 0.6 is 0 Å². The van der Waals surface area contributed by atoms with Crippen molar-refractivity contribution >= 4 is 5.97 Å². The third-order valence-electron chi connectivity index (χ3n) is 4.47. The van der Waals surface area contributed by atoms with Gasteiger partial charge in [0.15, 0.2) is 0 Å². The van der Waals surface area contributed by atoms with Crippen LogP contribution in [0, 0.1) is 17.3 Å². The van der Waals surface area contributed by atoms with Gasteiger partial charge in [0, 0.05) is 0 Å². The molecule has 1 aliphatic carbocycles. The maximum absolute atomic E-state index is 11.9. The standard InChI is InChI=1S/C15H28O3/c1-6-11(13(16)18-5)15(17)10-8-7-9-12(15)14(2,3)4/h11-12,17H,6-10H2,1-5H3. The fourth-order valence-electron chi connectivity index (χ4n) is 3.65. The number of ether oxygens (including phenoxy) is 1. The van der Waals surface area contributed by atoms with Gasteiger partial charge in [0.2, 0.25) is 0 Å². The number of hydrogen-bond donors (Lipinski definition) is 1. The van der Waals surface area contributed by atoms with E-state index in [9.17, 15) is 9.90 Å². The molecule has 3 atom stereocenters. The lowest BCUT2D eigenvalue weighted by Crippen LogP contribution is -2.54. The molecule has 18 heavy (non-hydrogen) atoms. The molecule has 3 nitrogen and oxygen atoms in total. The second-order valence-electron chi connectivity index (χ2n) is 6.64. The van der Waals surface area contributed by atoms with Gasteiger partial charge in [-0.15, -0.1) is 0 Å². The number of carbonyl (C=O) groups excluding carboxylic acids is 1. The van der Waals surface area contributed by atoms with E-state index in [1.807, 2.05) is 6.92 Å². The van der Waals surface area contributed by atoms with E-state index in [-0.39, 0.29) is 17.3 Å². The Kier molecular flexibility index (Phi) is 4.82. The molecule has 3 unspecified atom stereocenters. The molecule has 0 amide bonds. The molecule has 1 fully saturated rings. The Balaban J connectivity index is 3.07. The van der Waals surface area contributed by atoms with E-state index >= 15 is 0 Å². The summed E-state index contributed by atoms with van der Waals surface area (Å²) in [4.78, 5) is 11.9. The van der Waals surface area contributed by atoms with Crippen LogP contribution in [0.4, 0.5) is 0 Å². The topological polar surface area (TPSA) is 46.5 Å². The normalized spacial score (nSPS) is 30.9. The minimum Gasteiger partial charge on any atom is -0.469 e. The molecule has 3 heteroatoms. The summed E-state index contributed by atoms with van der Waals surface area (Å²) in [6.07, 6.45) is 4.48. The molecule has 0 heterocycles. The number of carbonyl (C=O) groups is 1. The van der Waals surface area contributed by atoms with Gasteiger partial charge in [0.1, 0.15) is 0 Å². The van der Waals surface area contributed by atoms with Crippen LogP contribution in [-0.2, 0) is 9.53 Å². The first-order chi connectivity index (χ1) is 8.27. The summed E-state index contributed by atoms with van der Waals surface area (Å²) in [6.45, 7) is 8.40. The summed E-state index contributed by atoms with van der Waals surface area (Å²) < 4.78 is 4.88. The number of aliphatic hydroxyl groups is 1. The van der Waals surface area contributed by atoms with Crippen LogP contribution in [0.3, 0.4) is 0 Å². The van der Waals surface area contributed by atoms with E-state index in [0.717, 1.165) is 19.3 Å². The Morgan fingerprint density at radius 2 is 2.06 bits per heavy atom. The summed E-state index contributed by atoms with van der Waals surface area (Å²) in [5.41, 5.74) is -0.894. The van der Waals surface area contributed by atoms with Crippen molar-refractivity contribution in [3.8, 4) is 0 Å². The molecule has 1 rings (SSSR count). The van der Waals surface area contributed by atoms with Crippen LogP contribution < -0.4 is 0 Å². The largest absolute Gasteiger partial charge is 0.469 e. The highest BCUT2D eigenvalue weighted by molar-refractivity contribution is 5.73. The van der Waals surface area contributed by atoms with Gasteiger partial charge in [-0.1, -0.05) is 40.5 Å². The quantitative estimate of drug-likeness (QED) is 0.789. The smallest absolute Gasteiger partial charge is 0.311 e. The molecule has 0 aliphatic heterocycles. The van der Waals surface area contributed by atoms with Gasteiger partial charge in [-0.3, -0.25) is 4.79 Å². The molecule has 0 aromatic rings. The van der Waals surface area contributed by atoms with Crippen molar-refractivity contribution in [2.24, 2.45) is 17.3 Å². The summed E-state index contributed by atoms with van der Waals surface area (Å²) >= 11 is 0. The maximum atomic E-state index is 11.9. The molecular formula is C15H28O3. The predicted molar refractivity (Wildman–Crippen MR) is 72.2 cm³/mol. The van der Waals surface area contributed by atoms with Crippen LogP contribution in [0.2, 0.25) is 0 Å². The first-order valence-corrected chi connectivity index (χ1v) is 7.07. The Labute approximate surface area is 111 Å². The van der Waals surface area contributed by atoms with Crippen molar-refractivity contribution in [2.75, 3.05) is 7.11 Å². The number of methoxy groups -OCH3 is 1. The van der Waals surface area contributed by atoms with Crippen molar-refractivity contribution in [2.45, 2.75) is 65.4 Å². The molecule has 0 aromatic carbocycles. The van der Waals surface area contributed by atoms with Crippen LogP contribution in [0.15, 0.2) is 0 Å². The second-order valence-corrected chi connectivity index (χ2v) is 6.64. The lowest BCUT2D eigenvalue weighted by atomic mass is 9.59. The molecule has 0 aromatic heterocycles. The van der Waals surface area contributed by atoms with E-state index in [1.165, 1.54) is 7.11 Å². The molecule has 106 valence electrons. The van der Waals surface area contributed by atoms with Gasteiger partial charge in [-0.25, -0.2) is 0 Å². The maximum Gasteiger partial charge on any atom is 0.311 e. The molecule has 0 saturated heterocycles. The molecule has 1 N–H and O–H groups in total. The summed E-state index contributed by atoms with van der Waals surface area (Å²) in [6, 6.07) is 0. The highest BCUT2D eigenvalue weighted by atomic mass is 16.5. The van der Waals surface area contributed by atoms with Crippen LogP contribution in [0.25, 0.3) is 0 Å². The van der Waals surface area contributed by atoms with E-state index < -0.39 is 11.5 Å². The van der Waals surface area contributed by atoms with Crippen molar-refractivity contribution in [3.05, 3.63) is 0 Å². The average Bonchev–Trinajstić information content (AvgIpc) is 2.28. The molecule has 1 saturated carbocycles. The van der Waals surface area contributed by atoms with Gasteiger partial charge in [-0.2, -0.15) is 0 Å². The van der Waals surface area contributed by atoms with Gasteiger partial charge in [0.25, 0.3) is 0 Å². The molecule has 0 spiro atoms. The van der Waals surface area contributed by atoms with Crippen molar-refractivity contribution in [1.82, 2.24) is 0 Å². The monoisotopic (exact) mass is 256 g/mol. The van der Waals surface area contributed by atoms with Gasteiger partial charge < -0.3 is 9.84 Å². The predicted octanol–water partition coefficient (Wildman–Crippen LogP) is 3.15. The summed E-state index contributed by atoms with van der Waals surface area (Å²) in [5.74, 6) is -0.508. The second kappa shape index (κ2) is 5.60. The molecule has 0 radical (unpaired) electrons. The third kappa shape index (κ3) is 2.87. The van der Waals surface area contributed by atoms with Gasteiger partial charge >= 0.3 is 5.97 Å². The Morgan fingerprint density at radius 1 is 1.44 bits per heavy atom. The Hall–Kier alpha value is -0.570. The lowest BCUT2D eigenvalue weighted by molar-refractivity contribution is -0.173. The van der Waals surface area contributed by atoms with E-state index in [1.54, 1.807) is 0 Å². The van der Waals surface area contributed by atoms with E-state index in [2.05, 4.69) is 20.8 Å². The Morgan fingerprint density at radius 3 is 2.50 bits per heavy atom. The zero-order valence-electron chi connectivity index (χ0n) is 12.5. The minimum absolute atomic E-state index is 0.0105. The van der Waals surface area contributed by atoms with Gasteiger partial charge in [0.05, 0.1) is 18.6 Å². The average molecular weight is 256 g/mol. The van der Waals surface area contributed by atoms with Gasteiger partial charge in [-0.05, 0) is 30.6 Å². The van der Waals surface area contributed by atoms with Crippen molar-refractivity contribution < 1.29 is 14.6 Å². The van der Waals surface area contributed by atoms with Crippen molar-refractivity contribution in [3.63, 3.8) is 0 Å².